The molecule has 0 aliphatic heterocycles. The van der Waals surface area contributed by atoms with E-state index in [4.69, 9.17) is 0 Å². The summed E-state index contributed by atoms with van der Waals surface area (Å²) in [5.41, 5.74) is 0. The van der Waals surface area contributed by atoms with Gasteiger partial charge < -0.3 is 5.32 Å². The van der Waals surface area contributed by atoms with Crippen molar-refractivity contribution in [1.29, 1.82) is 0 Å². The van der Waals surface area contributed by atoms with E-state index in [0.717, 1.165) is 17.4 Å². The molecule has 0 aliphatic rings. The average Bonchev–Trinajstić information content (AvgIpc) is 2.86. The molecule has 0 bridgehead atoms. The first-order valence-electron chi connectivity index (χ1n) is 4.17. The number of H-pyrrole nitrogens is 1. The first-order valence-corrected chi connectivity index (χ1v) is 4.94. The van der Waals surface area contributed by atoms with E-state index in [2.05, 4.69) is 35.3 Å². The highest BCUT2D eigenvalue weighted by Crippen LogP contribution is 2.11. The van der Waals surface area contributed by atoms with Crippen LogP contribution in [0.5, 0.6) is 0 Å². The third-order valence-electron chi connectivity index (χ3n) is 1.57. The molecule has 0 amide bonds. The van der Waals surface area contributed by atoms with E-state index in [0.29, 0.717) is 12.4 Å². The van der Waals surface area contributed by atoms with Crippen LogP contribution in [-0.2, 0) is 13.0 Å². The second-order valence-corrected chi connectivity index (χ2v) is 3.30. The number of nitrogens with zero attached hydrogens (tertiary/aromatic N) is 5. The standard InChI is InChI=1S/C6H9N7S/c1-2-4-8-6(14-11-4)7-3-5-9-12-13-10-5/h2-3H2,1H3,(H,7,8,11)(H,9,10,12,13). The Morgan fingerprint density at radius 1 is 1.43 bits per heavy atom. The van der Waals surface area contributed by atoms with E-state index in [-0.39, 0.29) is 0 Å². The number of anilines is 1. The van der Waals surface area contributed by atoms with Crippen molar-refractivity contribution >= 4 is 16.7 Å². The van der Waals surface area contributed by atoms with Crippen molar-refractivity contribution in [3.63, 3.8) is 0 Å². The summed E-state index contributed by atoms with van der Waals surface area (Å²) >= 11 is 1.34. The summed E-state index contributed by atoms with van der Waals surface area (Å²) in [5, 5.41) is 17.3. The van der Waals surface area contributed by atoms with Crippen LogP contribution >= 0.6 is 11.5 Å². The van der Waals surface area contributed by atoms with Gasteiger partial charge in [0, 0.05) is 18.0 Å². The fourth-order valence-corrected chi connectivity index (χ4v) is 1.53. The maximum atomic E-state index is 4.24. The molecule has 14 heavy (non-hydrogen) atoms. The molecular weight excluding hydrogens is 202 g/mol. The lowest BCUT2D eigenvalue weighted by atomic mass is 10.5. The van der Waals surface area contributed by atoms with Crippen LogP contribution in [0.4, 0.5) is 5.13 Å². The molecule has 2 aromatic heterocycles. The fraction of sp³-hybridized carbons (Fsp3) is 0.500. The second kappa shape index (κ2) is 4.09. The SMILES string of the molecule is CCc1nsc(NCc2nn[nH]n2)n1. The number of aromatic amines is 1. The smallest absolute Gasteiger partial charge is 0.202 e. The van der Waals surface area contributed by atoms with Crippen LogP contribution in [-0.4, -0.2) is 30.0 Å². The lowest BCUT2D eigenvalue weighted by molar-refractivity contribution is 0.881. The second-order valence-electron chi connectivity index (χ2n) is 2.55. The summed E-state index contributed by atoms with van der Waals surface area (Å²) in [5.74, 6) is 1.46. The van der Waals surface area contributed by atoms with Crippen LogP contribution in [0, 0.1) is 0 Å². The minimum Gasteiger partial charge on any atom is -0.353 e. The van der Waals surface area contributed by atoms with Gasteiger partial charge in [-0.3, -0.25) is 0 Å². The first-order chi connectivity index (χ1) is 6.88. The van der Waals surface area contributed by atoms with Crippen molar-refractivity contribution in [2.45, 2.75) is 19.9 Å². The van der Waals surface area contributed by atoms with E-state index < -0.39 is 0 Å². The van der Waals surface area contributed by atoms with Crippen LogP contribution in [0.2, 0.25) is 0 Å². The molecule has 7 nitrogen and oxygen atoms in total. The van der Waals surface area contributed by atoms with Crippen LogP contribution in [0.25, 0.3) is 0 Å². The van der Waals surface area contributed by atoms with Gasteiger partial charge in [-0.05, 0) is 0 Å². The molecule has 74 valence electrons. The normalized spacial score (nSPS) is 10.4. The molecule has 8 heteroatoms. The van der Waals surface area contributed by atoms with Crippen molar-refractivity contribution in [2.75, 3.05) is 5.32 Å². The highest BCUT2D eigenvalue weighted by Gasteiger charge is 2.02. The molecule has 0 fully saturated rings. The fourth-order valence-electron chi connectivity index (χ4n) is 0.881. The monoisotopic (exact) mass is 211 g/mol. The highest BCUT2D eigenvalue weighted by molar-refractivity contribution is 7.09. The number of tetrazole rings is 1. The number of hydrogen-bond acceptors (Lipinski definition) is 7. The maximum Gasteiger partial charge on any atom is 0.202 e. The van der Waals surface area contributed by atoms with Crippen molar-refractivity contribution in [3.05, 3.63) is 11.6 Å². The summed E-state index contributed by atoms with van der Waals surface area (Å²) in [7, 11) is 0. The van der Waals surface area contributed by atoms with Gasteiger partial charge in [0.25, 0.3) is 0 Å². The van der Waals surface area contributed by atoms with E-state index in [1.165, 1.54) is 11.5 Å². The van der Waals surface area contributed by atoms with Gasteiger partial charge in [0.05, 0.1) is 6.54 Å². The molecule has 0 unspecified atom stereocenters. The molecule has 0 aliphatic carbocycles. The number of aromatic nitrogens is 6. The molecule has 2 heterocycles. The molecule has 0 aromatic carbocycles. The Morgan fingerprint density at radius 2 is 2.36 bits per heavy atom. The van der Waals surface area contributed by atoms with E-state index in [1.54, 1.807) is 0 Å². The Hall–Kier alpha value is -1.57. The summed E-state index contributed by atoms with van der Waals surface area (Å²) in [6.45, 7) is 2.53. The lowest BCUT2D eigenvalue weighted by Gasteiger charge is -1.94. The van der Waals surface area contributed by atoms with Crippen molar-refractivity contribution in [2.24, 2.45) is 0 Å². The Kier molecular flexibility index (Phi) is 2.63. The lowest BCUT2D eigenvalue weighted by Crippen LogP contribution is -2.01. The minimum absolute atomic E-state index is 0.509. The van der Waals surface area contributed by atoms with Gasteiger partial charge in [-0.15, -0.1) is 10.2 Å². The first kappa shape index (κ1) is 9.00. The van der Waals surface area contributed by atoms with Crippen LogP contribution in [0.15, 0.2) is 0 Å². The summed E-state index contributed by atoms with van der Waals surface area (Å²) in [4.78, 5) is 4.24. The van der Waals surface area contributed by atoms with Crippen LogP contribution in [0.3, 0.4) is 0 Å². The Labute approximate surface area is 84.1 Å². The van der Waals surface area contributed by atoms with E-state index in [1.807, 2.05) is 6.92 Å². The van der Waals surface area contributed by atoms with Crippen molar-refractivity contribution < 1.29 is 0 Å². The van der Waals surface area contributed by atoms with Crippen LogP contribution < -0.4 is 5.32 Å². The molecule has 0 atom stereocenters. The minimum atomic E-state index is 0.509. The number of nitrogens with one attached hydrogen (secondary N) is 2. The predicted molar refractivity (Wildman–Crippen MR) is 50.8 cm³/mol. The van der Waals surface area contributed by atoms with Gasteiger partial charge >= 0.3 is 0 Å². The molecule has 0 saturated heterocycles. The molecule has 2 rings (SSSR count). The van der Waals surface area contributed by atoms with Gasteiger partial charge in [0.1, 0.15) is 5.82 Å². The largest absolute Gasteiger partial charge is 0.353 e. The van der Waals surface area contributed by atoms with Gasteiger partial charge in [0.15, 0.2) is 5.82 Å². The quantitative estimate of drug-likeness (QED) is 0.751. The van der Waals surface area contributed by atoms with Crippen LogP contribution in [0.1, 0.15) is 18.6 Å². The van der Waals surface area contributed by atoms with Gasteiger partial charge in [-0.25, -0.2) is 4.98 Å². The third-order valence-corrected chi connectivity index (χ3v) is 2.28. The van der Waals surface area contributed by atoms with E-state index in [9.17, 15) is 0 Å². The molecule has 0 radical (unpaired) electrons. The predicted octanol–water partition coefficient (Wildman–Crippen LogP) is 0.226. The average molecular weight is 211 g/mol. The number of aryl methyl sites for hydroxylation is 1. The van der Waals surface area contributed by atoms with E-state index >= 15 is 0 Å². The van der Waals surface area contributed by atoms with Crippen molar-refractivity contribution in [3.8, 4) is 0 Å². The zero-order valence-electron chi connectivity index (χ0n) is 7.56. The van der Waals surface area contributed by atoms with Crippen molar-refractivity contribution in [1.82, 2.24) is 30.0 Å². The molecule has 2 aromatic rings. The summed E-state index contributed by atoms with van der Waals surface area (Å²) in [6.07, 6.45) is 0.848. The molecule has 0 saturated carbocycles. The summed E-state index contributed by atoms with van der Waals surface area (Å²) < 4.78 is 4.14. The highest BCUT2D eigenvalue weighted by atomic mass is 32.1. The Balaban J connectivity index is 1.92. The van der Waals surface area contributed by atoms with Gasteiger partial charge in [-0.1, -0.05) is 12.1 Å². The molecular formula is C6H9N7S. The third kappa shape index (κ3) is 2.02. The number of hydrogen-bond donors (Lipinski definition) is 2. The summed E-state index contributed by atoms with van der Waals surface area (Å²) in [6, 6.07) is 0. The zero-order valence-corrected chi connectivity index (χ0v) is 8.38. The number of rotatable bonds is 4. The Morgan fingerprint density at radius 3 is 3.00 bits per heavy atom. The maximum absolute atomic E-state index is 4.24. The zero-order chi connectivity index (χ0) is 9.80. The molecule has 2 N–H and O–H groups in total. The molecule has 0 spiro atoms. The topological polar surface area (TPSA) is 92.3 Å². The van der Waals surface area contributed by atoms with Gasteiger partial charge in [0.2, 0.25) is 5.13 Å². The van der Waals surface area contributed by atoms with Gasteiger partial charge in [-0.2, -0.15) is 9.59 Å². The Bertz CT molecular complexity index is 381.